The first kappa shape index (κ1) is 19.6. The van der Waals surface area contributed by atoms with Crippen LogP contribution in [0.4, 0.5) is 0 Å². The summed E-state index contributed by atoms with van der Waals surface area (Å²) in [6.07, 6.45) is 1.39. The van der Waals surface area contributed by atoms with Gasteiger partial charge in [0.1, 0.15) is 5.75 Å². The molecular formula is C21H24N4O3S. The van der Waals surface area contributed by atoms with Gasteiger partial charge in [0.2, 0.25) is 17.6 Å². The molecule has 0 saturated carbocycles. The summed E-state index contributed by atoms with van der Waals surface area (Å²) in [6.45, 7) is 3.69. The second-order valence-electron chi connectivity index (χ2n) is 7.03. The molecule has 1 aliphatic heterocycles. The van der Waals surface area contributed by atoms with Crippen molar-refractivity contribution in [3.63, 3.8) is 0 Å². The van der Waals surface area contributed by atoms with Crippen LogP contribution in [0, 0.1) is 0 Å². The van der Waals surface area contributed by atoms with Gasteiger partial charge in [-0.05, 0) is 53.1 Å². The molecule has 0 radical (unpaired) electrons. The molecule has 152 valence electrons. The third kappa shape index (κ3) is 5.02. The summed E-state index contributed by atoms with van der Waals surface area (Å²) in [5.74, 6) is 2.19. The van der Waals surface area contributed by atoms with Crippen LogP contribution in [0.15, 0.2) is 45.6 Å². The number of aromatic nitrogens is 2. The average molecular weight is 413 g/mol. The van der Waals surface area contributed by atoms with Crippen LogP contribution >= 0.6 is 11.3 Å². The van der Waals surface area contributed by atoms with E-state index in [1.165, 1.54) is 5.56 Å². The number of carbonyl (C=O) groups excluding carboxylic acids is 1. The highest BCUT2D eigenvalue weighted by molar-refractivity contribution is 7.07. The number of piperazine rings is 1. The molecule has 0 aliphatic carbocycles. The molecule has 0 bridgehead atoms. The maximum absolute atomic E-state index is 12.4. The minimum absolute atomic E-state index is 0.232. The Morgan fingerprint density at radius 3 is 2.66 bits per heavy atom. The predicted molar refractivity (Wildman–Crippen MR) is 111 cm³/mol. The second kappa shape index (κ2) is 9.19. The normalized spacial score (nSPS) is 14.9. The summed E-state index contributed by atoms with van der Waals surface area (Å²) < 4.78 is 10.6. The van der Waals surface area contributed by atoms with E-state index in [2.05, 4.69) is 31.9 Å². The first-order valence-electron chi connectivity index (χ1n) is 9.69. The summed E-state index contributed by atoms with van der Waals surface area (Å²) in [7, 11) is 1.64. The quantitative estimate of drug-likeness (QED) is 0.594. The Morgan fingerprint density at radius 1 is 1.17 bits per heavy atom. The summed E-state index contributed by atoms with van der Waals surface area (Å²) in [5, 5.41) is 8.24. The molecule has 0 spiro atoms. The smallest absolute Gasteiger partial charge is 0.241 e. The third-order valence-corrected chi connectivity index (χ3v) is 5.84. The molecule has 0 N–H and O–H groups in total. The molecule has 1 aromatic carbocycles. The van der Waals surface area contributed by atoms with E-state index in [9.17, 15) is 4.79 Å². The Balaban J connectivity index is 1.25. The molecule has 3 aromatic rings. The topological polar surface area (TPSA) is 71.7 Å². The van der Waals surface area contributed by atoms with Gasteiger partial charge in [-0.25, -0.2) is 0 Å². The number of hydrogen-bond acceptors (Lipinski definition) is 7. The number of rotatable bonds is 7. The van der Waals surface area contributed by atoms with E-state index >= 15 is 0 Å². The number of benzene rings is 1. The Kier molecular flexibility index (Phi) is 6.21. The number of hydrogen-bond donors (Lipinski definition) is 0. The van der Waals surface area contributed by atoms with E-state index in [0.29, 0.717) is 24.7 Å². The lowest BCUT2D eigenvalue weighted by molar-refractivity contribution is -0.133. The number of thiophene rings is 1. The van der Waals surface area contributed by atoms with Crippen molar-refractivity contribution < 1.29 is 14.1 Å². The molecule has 2 aromatic heterocycles. The molecule has 1 fully saturated rings. The first-order chi connectivity index (χ1) is 14.2. The van der Waals surface area contributed by atoms with Crippen LogP contribution in [0.1, 0.15) is 17.9 Å². The Labute approximate surface area is 173 Å². The van der Waals surface area contributed by atoms with Gasteiger partial charge in [0.05, 0.1) is 13.7 Å². The lowest BCUT2D eigenvalue weighted by Gasteiger charge is -2.34. The van der Waals surface area contributed by atoms with Gasteiger partial charge in [0, 0.05) is 38.2 Å². The number of ether oxygens (including phenoxy) is 1. The Bertz CT molecular complexity index is 916. The van der Waals surface area contributed by atoms with Gasteiger partial charge < -0.3 is 14.2 Å². The molecule has 1 amide bonds. The SMILES string of the molecule is COc1ccc(-c2noc(CN3CCN(C(=O)CCc4ccsc4)CC3)n2)cc1. The lowest BCUT2D eigenvalue weighted by atomic mass is 10.1. The van der Waals surface area contributed by atoms with Crippen molar-refractivity contribution in [2.24, 2.45) is 0 Å². The third-order valence-electron chi connectivity index (χ3n) is 5.11. The predicted octanol–water partition coefficient (Wildman–Crippen LogP) is 3.08. The highest BCUT2D eigenvalue weighted by atomic mass is 32.1. The summed E-state index contributed by atoms with van der Waals surface area (Å²) in [5.41, 5.74) is 2.13. The zero-order valence-electron chi connectivity index (χ0n) is 16.4. The van der Waals surface area contributed by atoms with Crippen molar-refractivity contribution >= 4 is 17.2 Å². The largest absolute Gasteiger partial charge is 0.497 e. The zero-order chi connectivity index (χ0) is 20.1. The molecule has 3 heterocycles. The molecule has 1 aliphatic rings. The maximum atomic E-state index is 12.4. The second-order valence-corrected chi connectivity index (χ2v) is 7.81. The average Bonchev–Trinajstić information content (AvgIpc) is 3.45. The van der Waals surface area contributed by atoms with E-state index in [0.717, 1.165) is 43.9 Å². The number of amides is 1. The van der Waals surface area contributed by atoms with Crippen LogP contribution in [0.3, 0.4) is 0 Å². The van der Waals surface area contributed by atoms with Crippen LogP contribution in [0.5, 0.6) is 5.75 Å². The van der Waals surface area contributed by atoms with Crippen molar-refractivity contribution in [2.75, 3.05) is 33.3 Å². The fraction of sp³-hybridized carbons (Fsp3) is 0.381. The molecule has 7 nitrogen and oxygen atoms in total. The van der Waals surface area contributed by atoms with Crippen molar-refractivity contribution in [1.29, 1.82) is 0 Å². The molecule has 0 atom stereocenters. The van der Waals surface area contributed by atoms with Crippen molar-refractivity contribution in [2.45, 2.75) is 19.4 Å². The lowest BCUT2D eigenvalue weighted by Crippen LogP contribution is -2.48. The van der Waals surface area contributed by atoms with Crippen LogP contribution in [0.25, 0.3) is 11.4 Å². The van der Waals surface area contributed by atoms with Crippen molar-refractivity contribution in [1.82, 2.24) is 19.9 Å². The van der Waals surface area contributed by atoms with E-state index in [1.807, 2.05) is 29.2 Å². The van der Waals surface area contributed by atoms with E-state index in [-0.39, 0.29) is 5.91 Å². The van der Waals surface area contributed by atoms with Gasteiger partial charge in [-0.1, -0.05) is 5.16 Å². The number of methoxy groups -OCH3 is 1. The fourth-order valence-electron chi connectivity index (χ4n) is 3.37. The van der Waals surface area contributed by atoms with E-state index in [4.69, 9.17) is 9.26 Å². The summed E-state index contributed by atoms with van der Waals surface area (Å²) >= 11 is 1.67. The minimum atomic E-state index is 0.232. The van der Waals surface area contributed by atoms with Gasteiger partial charge >= 0.3 is 0 Å². The molecular weight excluding hydrogens is 388 g/mol. The highest BCUT2D eigenvalue weighted by Gasteiger charge is 2.22. The number of aryl methyl sites for hydroxylation is 1. The van der Waals surface area contributed by atoms with Crippen LogP contribution in [-0.4, -0.2) is 59.1 Å². The van der Waals surface area contributed by atoms with Crippen LogP contribution in [0.2, 0.25) is 0 Å². The first-order valence-corrected chi connectivity index (χ1v) is 10.6. The van der Waals surface area contributed by atoms with Gasteiger partial charge in [0.15, 0.2) is 0 Å². The van der Waals surface area contributed by atoms with Crippen molar-refractivity contribution in [3.05, 3.63) is 52.5 Å². The summed E-state index contributed by atoms with van der Waals surface area (Å²) in [6, 6.07) is 9.66. The highest BCUT2D eigenvalue weighted by Crippen LogP contribution is 2.20. The van der Waals surface area contributed by atoms with E-state index in [1.54, 1.807) is 18.4 Å². The fourth-order valence-corrected chi connectivity index (χ4v) is 4.07. The molecule has 4 rings (SSSR count). The number of carbonyl (C=O) groups is 1. The van der Waals surface area contributed by atoms with Gasteiger partial charge in [-0.15, -0.1) is 0 Å². The van der Waals surface area contributed by atoms with E-state index < -0.39 is 0 Å². The molecule has 8 heteroatoms. The van der Waals surface area contributed by atoms with Crippen LogP contribution in [-0.2, 0) is 17.8 Å². The molecule has 29 heavy (non-hydrogen) atoms. The molecule has 1 saturated heterocycles. The maximum Gasteiger partial charge on any atom is 0.241 e. The summed E-state index contributed by atoms with van der Waals surface area (Å²) in [4.78, 5) is 21.1. The van der Waals surface area contributed by atoms with Gasteiger partial charge in [-0.2, -0.15) is 16.3 Å². The number of nitrogens with zero attached hydrogens (tertiary/aromatic N) is 4. The van der Waals surface area contributed by atoms with Crippen LogP contribution < -0.4 is 4.74 Å². The van der Waals surface area contributed by atoms with Crippen molar-refractivity contribution in [3.8, 4) is 17.1 Å². The van der Waals surface area contributed by atoms with Gasteiger partial charge in [-0.3, -0.25) is 9.69 Å². The monoisotopic (exact) mass is 412 g/mol. The molecule has 0 unspecified atom stereocenters. The minimum Gasteiger partial charge on any atom is -0.497 e. The standard InChI is InChI=1S/C21H24N4O3S/c1-27-18-5-3-17(4-6-18)21-22-19(28-23-21)14-24-9-11-25(12-10-24)20(26)7-2-16-8-13-29-15-16/h3-6,8,13,15H,2,7,9-12,14H2,1H3. The Morgan fingerprint density at radius 2 is 1.97 bits per heavy atom. The van der Waals surface area contributed by atoms with Gasteiger partial charge in [0.25, 0.3) is 0 Å². The zero-order valence-corrected chi connectivity index (χ0v) is 17.2. The Hall–Kier alpha value is -2.71.